The number of nitrogens with one attached hydrogen (secondary N) is 1. The molecule has 0 saturated heterocycles. The fraction of sp³-hybridized carbons (Fsp3) is 0.250. The molecule has 3 N–H and O–H groups in total. The van der Waals surface area contributed by atoms with Gasteiger partial charge in [-0.2, -0.15) is 5.10 Å². The number of nitrogens with two attached hydrogens (primary N) is 1. The summed E-state index contributed by atoms with van der Waals surface area (Å²) in [4.78, 5) is -0.119. The van der Waals surface area contributed by atoms with Gasteiger partial charge in [0.2, 0.25) is 0 Å². The number of hydrogen-bond acceptors (Lipinski definition) is 4. The number of aryl methyl sites for hydroxylation is 2. The van der Waals surface area contributed by atoms with Crippen molar-refractivity contribution in [2.24, 2.45) is 12.8 Å². The third kappa shape index (κ3) is 2.81. The SMILES string of the molecule is Cc1ccc(F)cc1S(=O)(=O)Nc1nn(C)cc1CN. The molecule has 0 spiro atoms. The molecular weight excluding hydrogens is 283 g/mol. The van der Waals surface area contributed by atoms with Gasteiger partial charge in [-0.05, 0) is 24.6 Å². The van der Waals surface area contributed by atoms with Gasteiger partial charge in [-0.1, -0.05) is 6.07 Å². The Morgan fingerprint density at radius 1 is 1.45 bits per heavy atom. The van der Waals surface area contributed by atoms with Crippen LogP contribution in [-0.4, -0.2) is 18.2 Å². The van der Waals surface area contributed by atoms with Crippen molar-refractivity contribution in [3.8, 4) is 0 Å². The molecule has 0 aliphatic carbocycles. The van der Waals surface area contributed by atoms with E-state index in [0.717, 1.165) is 6.07 Å². The van der Waals surface area contributed by atoms with Gasteiger partial charge in [-0.15, -0.1) is 0 Å². The van der Waals surface area contributed by atoms with E-state index in [1.807, 2.05) is 0 Å². The van der Waals surface area contributed by atoms with E-state index in [0.29, 0.717) is 11.1 Å². The van der Waals surface area contributed by atoms with Crippen LogP contribution in [0.1, 0.15) is 11.1 Å². The molecule has 0 unspecified atom stereocenters. The Morgan fingerprint density at radius 3 is 2.80 bits per heavy atom. The first-order chi connectivity index (χ1) is 9.33. The molecule has 1 heterocycles. The molecule has 2 aromatic rings. The number of rotatable bonds is 4. The lowest BCUT2D eigenvalue weighted by Crippen LogP contribution is -2.16. The molecule has 8 heteroatoms. The van der Waals surface area contributed by atoms with E-state index in [1.54, 1.807) is 20.2 Å². The van der Waals surface area contributed by atoms with Crippen LogP contribution in [0, 0.1) is 12.7 Å². The first kappa shape index (κ1) is 14.5. The zero-order valence-electron chi connectivity index (χ0n) is 11.1. The Hall–Kier alpha value is -1.93. The van der Waals surface area contributed by atoms with Crippen LogP contribution in [0.25, 0.3) is 0 Å². The normalized spacial score (nSPS) is 11.6. The molecule has 0 fully saturated rings. The van der Waals surface area contributed by atoms with Gasteiger partial charge in [0.25, 0.3) is 10.0 Å². The second-order valence-electron chi connectivity index (χ2n) is 4.40. The lowest BCUT2D eigenvalue weighted by Gasteiger charge is -2.09. The Bertz CT molecular complexity index is 740. The largest absolute Gasteiger partial charge is 0.326 e. The van der Waals surface area contributed by atoms with Crippen molar-refractivity contribution in [3.05, 3.63) is 41.3 Å². The maximum Gasteiger partial charge on any atom is 0.263 e. The quantitative estimate of drug-likeness (QED) is 0.885. The topological polar surface area (TPSA) is 90.0 Å². The van der Waals surface area contributed by atoms with Crippen molar-refractivity contribution in [1.82, 2.24) is 9.78 Å². The number of sulfonamides is 1. The average molecular weight is 298 g/mol. The van der Waals surface area contributed by atoms with E-state index in [4.69, 9.17) is 5.73 Å². The van der Waals surface area contributed by atoms with Crippen LogP contribution in [0.3, 0.4) is 0 Å². The highest BCUT2D eigenvalue weighted by molar-refractivity contribution is 7.92. The van der Waals surface area contributed by atoms with Crippen LogP contribution in [0.4, 0.5) is 10.2 Å². The minimum absolute atomic E-state index is 0.119. The van der Waals surface area contributed by atoms with Crippen molar-refractivity contribution in [1.29, 1.82) is 0 Å². The summed E-state index contributed by atoms with van der Waals surface area (Å²) in [5.74, 6) is -0.463. The van der Waals surface area contributed by atoms with Gasteiger partial charge in [0, 0.05) is 25.4 Å². The summed E-state index contributed by atoms with van der Waals surface area (Å²) in [5, 5.41) is 4.00. The van der Waals surface area contributed by atoms with Crippen LogP contribution in [0.2, 0.25) is 0 Å². The predicted octanol–water partition coefficient (Wildman–Crippen LogP) is 1.13. The molecule has 20 heavy (non-hydrogen) atoms. The number of nitrogens with zero attached hydrogens (tertiary/aromatic N) is 2. The predicted molar refractivity (Wildman–Crippen MR) is 73.0 cm³/mol. The zero-order valence-corrected chi connectivity index (χ0v) is 11.9. The highest BCUT2D eigenvalue weighted by Crippen LogP contribution is 2.21. The maximum atomic E-state index is 13.2. The number of aromatic nitrogens is 2. The Balaban J connectivity index is 2.43. The highest BCUT2D eigenvalue weighted by Gasteiger charge is 2.20. The molecular formula is C12H15FN4O2S. The lowest BCUT2D eigenvalue weighted by atomic mass is 10.2. The molecule has 108 valence electrons. The number of halogens is 1. The zero-order chi connectivity index (χ0) is 14.9. The van der Waals surface area contributed by atoms with E-state index >= 15 is 0 Å². The molecule has 6 nitrogen and oxygen atoms in total. The third-order valence-corrected chi connectivity index (χ3v) is 4.28. The van der Waals surface area contributed by atoms with E-state index in [-0.39, 0.29) is 17.3 Å². The van der Waals surface area contributed by atoms with Gasteiger partial charge in [0.15, 0.2) is 5.82 Å². The van der Waals surface area contributed by atoms with Gasteiger partial charge in [0.05, 0.1) is 4.90 Å². The Kier molecular flexibility index (Phi) is 3.78. The number of benzene rings is 1. The first-order valence-electron chi connectivity index (χ1n) is 5.85. The van der Waals surface area contributed by atoms with Crippen molar-refractivity contribution in [2.75, 3.05) is 4.72 Å². The van der Waals surface area contributed by atoms with E-state index in [2.05, 4.69) is 9.82 Å². The molecule has 0 bridgehead atoms. The van der Waals surface area contributed by atoms with Crippen molar-refractivity contribution in [3.63, 3.8) is 0 Å². The summed E-state index contributed by atoms with van der Waals surface area (Å²) < 4.78 is 41.6. The Morgan fingerprint density at radius 2 is 2.15 bits per heavy atom. The molecule has 0 radical (unpaired) electrons. The van der Waals surface area contributed by atoms with E-state index in [1.165, 1.54) is 16.8 Å². The minimum Gasteiger partial charge on any atom is -0.326 e. The van der Waals surface area contributed by atoms with Crippen LogP contribution in [0.15, 0.2) is 29.3 Å². The van der Waals surface area contributed by atoms with Crippen molar-refractivity contribution >= 4 is 15.8 Å². The highest BCUT2D eigenvalue weighted by atomic mass is 32.2. The first-order valence-corrected chi connectivity index (χ1v) is 7.33. The molecule has 0 saturated carbocycles. The number of anilines is 1. The molecule has 0 amide bonds. The van der Waals surface area contributed by atoms with Crippen LogP contribution >= 0.6 is 0 Å². The lowest BCUT2D eigenvalue weighted by molar-refractivity contribution is 0.594. The summed E-state index contributed by atoms with van der Waals surface area (Å²) in [6.07, 6.45) is 1.62. The van der Waals surface area contributed by atoms with Gasteiger partial charge in [0.1, 0.15) is 5.82 Å². The summed E-state index contributed by atoms with van der Waals surface area (Å²) in [7, 11) is -2.25. The van der Waals surface area contributed by atoms with Crippen LogP contribution in [0.5, 0.6) is 0 Å². The Labute approximate surface area is 116 Å². The van der Waals surface area contributed by atoms with Gasteiger partial charge >= 0.3 is 0 Å². The average Bonchev–Trinajstić information content (AvgIpc) is 2.71. The van der Waals surface area contributed by atoms with Crippen molar-refractivity contribution < 1.29 is 12.8 Å². The second kappa shape index (κ2) is 5.22. The van der Waals surface area contributed by atoms with Gasteiger partial charge in [-0.25, -0.2) is 12.8 Å². The summed E-state index contributed by atoms with van der Waals surface area (Å²) >= 11 is 0. The molecule has 1 aromatic carbocycles. The molecule has 0 aliphatic rings. The smallest absolute Gasteiger partial charge is 0.263 e. The van der Waals surface area contributed by atoms with Crippen molar-refractivity contribution in [2.45, 2.75) is 18.4 Å². The summed E-state index contributed by atoms with van der Waals surface area (Å²) in [5.41, 5.74) is 6.54. The standard InChI is InChI=1S/C12H15FN4O2S/c1-8-3-4-10(13)5-11(8)20(18,19)16-12-9(6-14)7-17(2)15-12/h3-5,7H,6,14H2,1-2H3,(H,15,16). The third-order valence-electron chi connectivity index (χ3n) is 2.80. The van der Waals surface area contributed by atoms with E-state index in [9.17, 15) is 12.8 Å². The van der Waals surface area contributed by atoms with Crippen LogP contribution in [-0.2, 0) is 23.6 Å². The molecule has 0 atom stereocenters. The second-order valence-corrected chi connectivity index (χ2v) is 6.05. The number of hydrogen-bond donors (Lipinski definition) is 2. The fourth-order valence-electron chi connectivity index (χ4n) is 1.82. The van der Waals surface area contributed by atoms with Gasteiger partial charge < -0.3 is 5.73 Å². The maximum absolute atomic E-state index is 13.2. The molecule has 1 aromatic heterocycles. The molecule has 2 rings (SSSR count). The summed E-state index contributed by atoms with van der Waals surface area (Å²) in [6, 6.07) is 3.59. The molecule has 0 aliphatic heterocycles. The van der Waals surface area contributed by atoms with Crippen LogP contribution < -0.4 is 10.5 Å². The summed E-state index contributed by atoms with van der Waals surface area (Å²) in [6.45, 7) is 1.74. The monoisotopic (exact) mass is 298 g/mol. The minimum atomic E-state index is -3.91. The fourth-order valence-corrected chi connectivity index (χ4v) is 3.11. The van der Waals surface area contributed by atoms with Gasteiger partial charge in [-0.3, -0.25) is 9.40 Å². The van der Waals surface area contributed by atoms with E-state index < -0.39 is 15.8 Å².